The number of rotatable bonds is 5. The molecular weight excluding hydrogens is 270 g/mol. The lowest BCUT2D eigenvalue weighted by atomic mass is 10.5. The fraction of sp³-hybridized carbons (Fsp3) is 0.444. The molecule has 9 heteroatoms. The summed E-state index contributed by atoms with van der Waals surface area (Å²) >= 11 is 2.77. The van der Waals surface area contributed by atoms with Gasteiger partial charge in [0.25, 0.3) is 0 Å². The van der Waals surface area contributed by atoms with Crippen LogP contribution in [-0.4, -0.2) is 38.2 Å². The Morgan fingerprint density at radius 3 is 2.67 bits per heavy atom. The SMILES string of the molecule is CCN(CC)c1nc(N)nc(Sc2nncs2)n1. The Balaban J connectivity index is 2.26. The van der Waals surface area contributed by atoms with E-state index in [9.17, 15) is 0 Å². The van der Waals surface area contributed by atoms with Crippen molar-refractivity contribution in [2.24, 2.45) is 0 Å². The van der Waals surface area contributed by atoms with Gasteiger partial charge in [0.15, 0.2) is 4.34 Å². The molecule has 0 bridgehead atoms. The van der Waals surface area contributed by atoms with Crippen molar-refractivity contribution < 1.29 is 0 Å². The van der Waals surface area contributed by atoms with Gasteiger partial charge in [-0.1, -0.05) is 11.3 Å². The fourth-order valence-electron chi connectivity index (χ4n) is 1.34. The largest absolute Gasteiger partial charge is 0.368 e. The third kappa shape index (κ3) is 3.05. The van der Waals surface area contributed by atoms with E-state index in [2.05, 4.69) is 25.1 Å². The van der Waals surface area contributed by atoms with Crippen molar-refractivity contribution in [1.29, 1.82) is 0 Å². The van der Waals surface area contributed by atoms with Gasteiger partial charge in [0.2, 0.25) is 17.1 Å². The quantitative estimate of drug-likeness (QED) is 0.877. The number of anilines is 2. The number of nitrogen functional groups attached to an aromatic ring is 1. The lowest BCUT2D eigenvalue weighted by Gasteiger charge is -2.18. The molecular formula is C9H13N7S2. The van der Waals surface area contributed by atoms with Crippen LogP contribution in [0.25, 0.3) is 0 Å². The molecule has 0 saturated heterocycles. The topological polar surface area (TPSA) is 93.7 Å². The molecule has 0 fully saturated rings. The van der Waals surface area contributed by atoms with Crippen molar-refractivity contribution >= 4 is 35.0 Å². The van der Waals surface area contributed by atoms with Crippen molar-refractivity contribution in [3.05, 3.63) is 5.51 Å². The first kappa shape index (κ1) is 13.0. The molecule has 2 rings (SSSR count). The number of hydrogen-bond donors (Lipinski definition) is 1. The molecule has 0 aliphatic carbocycles. The first-order chi connectivity index (χ1) is 8.72. The van der Waals surface area contributed by atoms with Crippen molar-refractivity contribution in [3.63, 3.8) is 0 Å². The first-order valence-corrected chi connectivity index (χ1v) is 7.13. The van der Waals surface area contributed by atoms with Crippen LogP contribution in [0.1, 0.15) is 13.8 Å². The van der Waals surface area contributed by atoms with Gasteiger partial charge >= 0.3 is 0 Å². The maximum absolute atomic E-state index is 5.70. The van der Waals surface area contributed by atoms with Gasteiger partial charge in [-0.25, -0.2) is 0 Å². The molecule has 0 atom stereocenters. The average Bonchev–Trinajstić information content (AvgIpc) is 2.83. The second-order valence-electron chi connectivity index (χ2n) is 3.26. The molecule has 2 heterocycles. The van der Waals surface area contributed by atoms with Crippen LogP contribution in [0.2, 0.25) is 0 Å². The van der Waals surface area contributed by atoms with Gasteiger partial charge in [-0.15, -0.1) is 10.2 Å². The zero-order chi connectivity index (χ0) is 13.0. The van der Waals surface area contributed by atoms with Gasteiger partial charge in [-0.05, 0) is 25.6 Å². The van der Waals surface area contributed by atoms with E-state index in [0.29, 0.717) is 11.1 Å². The second kappa shape index (κ2) is 5.91. The highest BCUT2D eigenvalue weighted by Gasteiger charge is 2.11. The monoisotopic (exact) mass is 283 g/mol. The average molecular weight is 283 g/mol. The molecule has 0 aromatic carbocycles. The van der Waals surface area contributed by atoms with E-state index in [-0.39, 0.29) is 5.95 Å². The Hall–Kier alpha value is -1.48. The molecule has 0 aliphatic rings. The van der Waals surface area contributed by atoms with Crippen LogP contribution in [-0.2, 0) is 0 Å². The summed E-state index contributed by atoms with van der Waals surface area (Å²) < 4.78 is 0.783. The molecule has 18 heavy (non-hydrogen) atoms. The molecule has 2 aromatic rings. The summed E-state index contributed by atoms with van der Waals surface area (Å²) in [6, 6.07) is 0. The minimum atomic E-state index is 0.221. The lowest BCUT2D eigenvalue weighted by Crippen LogP contribution is -2.25. The molecule has 0 unspecified atom stereocenters. The first-order valence-electron chi connectivity index (χ1n) is 5.43. The number of hydrogen-bond acceptors (Lipinski definition) is 9. The van der Waals surface area contributed by atoms with Crippen LogP contribution in [0, 0.1) is 0 Å². The third-order valence-electron chi connectivity index (χ3n) is 2.19. The minimum absolute atomic E-state index is 0.221. The van der Waals surface area contributed by atoms with Crippen molar-refractivity contribution in [2.75, 3.05) is 23.7 Å². The van der Waals surface area contributed by atoms with Crippen LogP contribution in [0.15, 0.2) is 15.0 Å². The lowest BCUT2D eigenvalue weighted by molar-refractivity contribution is 0.786. The Morgan fingerprint density at radius 2 is 2.06 bits per heavy atom. The maximum Gasteiger partial charge on any atom is 0.231 e. The van der Waals surface area contributed by atoms with Crippen LogP contribution in [0.4, 0.5) is 11.9 Å². The highest BCUT2D eigenvalue weighted by molar-refractivity contribution is 8.00. The minimum Gasteiger partial charge on any atom is -0.368 e. The highest BCUT2D eigenvalue weighted by atomic mass is 32.2. The summed E-state index contributed by atoms with van der Waals surface area (Å²) in [4.78, 5) is 14.6. The zero-order valence-electron chi connectivity index (χ0n) is 10.1. The van der Waals surface area contributed by atoms with Crippen LogP contribution in [0.5, 0.6) is 0 Å². The zero-order valence-corrected chi connectivity index (χ0v) is 11.7. The van der Waals surface area contributed by atoms with Gasteiger partial charge in [0.05, 0.1) is 0 Å². The second-order valence-corrected chi connectivity index (χ2v) is 5.30. The molecule has 96 valence electrons. The van der Waals surface area contributed by atoms with E-state index >= 15 is 0 Å². The fourth-order valence-corrected chi connectivity index (χ4v) is 2.67. The Bertz CT molecular complexity index is 498. The van der Waals surface area contributed by atoms with E-state index in [1.807, 2.05) is 18.7 Å². The predicted molar refractivity (Wildman–Crippen MR) is 71.8 cm³/mol. The summed E-state index contributed by atoms with van der Waals surface area (Å²) in [6.07, 6.45) is 0. The standard InChI is InChI=1S/C9H13N7S2/c1-3-16(4-2)7-12-6(10)13-8(14-7)18-9-15-11-5-17-9/h5H,3-4H2,1-2H3,(H2,10,12,13,14). The summed E-state index contributed by atoms with van der Waals surface area (Å²) in [5, 5.41) is 8.24. The summed E-state index contributed by atoms with van der Waals surface area (Å²) in [6.45, 7) is 5.73. The van der Waals surface area contributed by atoms with E-state index < -0.39 is 0 Å². The van der Waals surface area contributed by atoms with Crippen LogP contribution >= 0.6 is 23.1 Å². The Morgan fingerprint density at radius 1 is 1.28 bits per heavy atom. The van der Waals surface area contributed by atoms with E-state index in [1.165, 1.54) is 23.1 Å². The van der Waals surface area contributed by atoms with Gasteiger partial charge in [-0.2, -0.15) is 15.0 Å². The molecule has 0 saturated carbocycles. The number of nitrogens with zero attached hydrogens (tertiary/aromatic N) is 6. The van der Waals surface area contributed by atoms with Crippen LogP contribution in [0.3, 0.4) is 0 Å². The molecule has 0 aliphatic heterocycles. The van der Waals surface area contributed by atoms with Gasteiger partial charge in [0.1, 0.15) is 5.51 Å². The summed E-state index contributed by atoms with van der Waals surface area (Å²) in [7, 11) is 0. The van der Waals surface area contributed by atoms with Gasteiger partial charge in [0, 0.05) is 13.1 Å². The molecule has 0 spiro atoms. The van der Waals surface area contributed by atoms with Gasteiger partial charge < -0.3 is 10.6 Å². The van der Waals surface area contributed by atoms with E-state index in [4.69, 9.17) is 5.73 Å². The Labute approximate surface area is 113 Å². The van der Waals surface area contributed by atoms with Gasteiger partial charge in [-0.3, -0.25) is 0 Å². The van der Waals surface area contributed by atoms with Crippen molar-refractivity contribution in [2.45, 2.75) is 23.3 Å². The number of nitrogens with two attached hydrogens (primary N) is 1. The summed E-state index contributed by atoms with van der Waals surface area (Å²) in [5.74, 6) is 0.818. The Kier molecular flexibility index (Phi) is 4.26. The highest BCUT2D eigenvalue weighted by Crippen LogP contribution is 2.26. The number of aromatic nitrogens is 5. The molecule has 2 N–H and O–H groups in total. The third-order valence-corrected chi connectivity index (χ3v) is 3.83. The normalized spacial score (nSPS) is 10.6. The van der Waals surface area contributed by atoms with Crippen molar-refractivity contribution in [1.82, 2.24) is 25.1 Å². The van der Waals surface area contributed by atoms with E-state index in [1.54, 1.807) is 5.51 Å². The van der Waals surface area contributed by atoms with Crippen molar-refractivity contribution in [3.8, 4) is 0 Å². The van der Waals surface area contributed by atoms with Crippen LogP contribution < -0.4 is 10.6 Å². The molecule has 7 nitrogen and oxygen atoms in total. The maximum atomic E-state index is 5.70. The molecule has 0 amide bonds. The smallest absolute Gasteiger partial charge is 0.231 e. The molecule has 0 radical (unpaired) electrons. The predicted octanol–water partition coefficient (Wildman–Crippen LogP) is 1.30. The summed E-state index contributed by atoms with van der Waals surface area (Å²) in [5.41, 5.74) is 7.37. The molecule has 2 aromatic heterocycles. The van der Waals surface area contributed by atoms with E-state index in [0.717, 1.165) is 17.4 Å².